The van der Waals surface area contributed by atoms with E-state index in [0.29, 0.717) is 105 Å². The second-order valence-electron chi connectivity index (χ2n) is 33.5. The van der Waals surface area contributed by atoms with Crippen LogP contribution in [0.25, 0.3) is 0 Å². The van der Waals surface area contributed by atoms with Gasteiger partial charge >= 0.3 is 17.9 Å². The molecule has 8 aromatic carbocycles. The van der Waals surface area contributed by atoms with E-state index >= 15 is 0 Å². The monoisotopic (exact) mass is 2150 g/mol. The van der Waals surface area contributed by atoms with Gasteiger partial charge in [0.25, 0.3) is 29.5 Å². The summed E-state index contributed by atoms with van der Waals surface area (Å²) in [4.78, 5) is 106. The highest BCUT2D eigenvalue weighted by molar-refractivity contribution is 14.1. The molecule has 0 aliphatic rings. The third kappa shape index (κ3) is 46.3. The van der Waals surface area contributed by atoms with Gasteiger partial charge in [0, 0.05) is 165 Å². The van der Waals surface area contributed by atoms with Crippen molar-refractivity contribution in [1.29, 1.82) is 0 Å². The fraction of sp³-hybridized carbons (Fsp3) is 0.472. The predicted molar refractivity (Wildman–Crippen MR) is 557 cm³/mol. The van der Waals surface area contributed by atoms with Gasteiger partial charge in [-0.1, -0.05) is 125 Å². The summed E-state index contributed by atoms with van der Waals surface area (Å²) in [5, 5.41) is 65.6. The number of aryl methyl sites for hydroxylation is 3. The van der Waals surface area contributed by atoms with Crippen LogP contribution < -0.4 is 21.7 Å². The molecule has 3 atom stereocenters. The molecule has 784 valence electrons. The fourth-order valence-electron chi connectivity index (χ4n) is 14.4. The number of carboxylic acids is 1. The Bertz CT molecular complexity index is 5430. The summed E-state index contributed by atoms with van der Waals surface area (Å²) in [6.45, 7) is 28.1. The first-order valence-electron chi connectivity index (χ1n) is 48.3. The topological polar surface area (TPSA) is 420 Å². The summed E-state index contributed by atoms with van der Waals surface area (Å²) in [6, 6.07) is 40.3. The number of aliphatic hydroxyl groups excluding tert-OH is 5. The first kappa shape index (κ1) is 126. The van der Waals surface area contributed by atoms with Crippen LogP contribution in [0.5, 0.6) is 0 Å². The number of nitrogens with two attached hydrogens (primary N) is 1. The summed E-state index contributed by atoms with van der Waals surface area (Å²) in [5.41, 5.74) is 13.6. The molecular formula is C106H147F4IN8O20S3. The summed E-state index contributed by atoms with van der Waals surface area (Å²) in [5.74, 6) is -5.76. The molecule has 0 aromatic heterocycles. The van der Waals surface area contributed by atoms with E-state index in [0.717, 1.165) is 121 Å². The van der Waals surface area contributed by atoms with E-state index in [1.54, 1.807) is 40.1 Å². The van der Waals surface area contributed by atoms with E-state index < -0.39 is 85.0 Å². The van der Waals surface area contributed by atoms with Crippen LogP contribution in [0.4, 0.5) is 17.6 Å². The maximum Gasteiger partial charge on any atom is 0.337 e. The standard InChI is InChI=1S/C29H43N3O6S.C19H24F2N2O.C18H27NO4S.C17H25NO6S.C15H20INO3.C8H8F2/c1-4-11-32(12-5-2)29(36)25-16-24(17-27(18-25)39(37,38)14-8-13-33)28(35)31-21-26(34)20-30-19-23-10-7-9-22(6-3)15-23;1-2-13-4-3-5-14(6-13)11-23-12-19(24)18(22)9-15-7-16(20)10-17(21)8-15;1-4-7-19(8-5-2)17(21)14-11-15(18(22)23-3)13-16(12-14)24-10-6-9-20;1-3-6-18(7-4-2)16(20)13-10-14(17(21)22)12-15(11-13)25(23,24)9-5-8-19;1-4-6-17(7-5-2)14(18)11-8-12(15(19)20-3)10-13(16)9-11;1-2-6-3-7(9)5-8(10)4-6/h7,9-10,15-18,26,30,33-34H,4-6,8,11-14,19-21H2,1-3H3,(H,31,35);3-8,10,18-19,23-24H,2,9,11-12,22H2,1H3;11-13,20H,4-10H2,1-3H3;10-12,19H,3-9H2,1-2H3,(H,21,22);8-10H,4-7H2,1-3H3;3-5H,2H2,1H3/t26-;18-,19+;;;;/m10..../s1. The zero-order valence-electron chi connectivity index (χ0n) is 84.2. The van der Waals surface area contributed by atoms with Crippen LogP contribution in [-0.4, -0.2) is 256 Å². The molecule has 0 fully saturated rings. The third-order valence-electron chi connectivity index (χ3n) is 21.4. The first-order valence-corrected chi connectivity index (χ1v) is 53.7. The zero-order valence-corrected chi connectivity index (χ0v) is 88.8. The van der Waals surface area contributed by atoms with E-state index in [2.05, 4.69) is 76.7 Å². The first-order chi connectivity index (χ1) is 67.7. The van der Waals surface area contributed by atoms with E-state index in [1.807, 2.05) is 102 Å². The summed E-state index contributed by atoms with van der Waals surface area (Å²) >= 11 is 3.62. The largest absolute Gasteiger partial charge is 0.478 e. The van der Waals surface area contributed by atoms with Crippen molar-refractivity contribution in [2.75, 3.05) is 123 Å². The minimum absolute atomic E-state index is 0.0212. The molecule has 8 rings (SSSR count). The Morgan fingerprint density at radius 3 is 1.12 bits per heavy atom. The van der Waals surface area contributed by atoms with Crippen LogP contribution in [0.15, 0.2) is 172 Å². The van der Waals surface area contributed by atoms with Crippen LogP contribution in [0.1, 0.15) is 263 Å². The molecule has 0 unspecified atom stereocenters. The van der Waals surface area contributed by atoms with Gasteiger partial charge in [-0.2, -0.15) is 0 Å². The van der Waals surface area contributed by atoms with Crippen molar-refractivity contribution in [3.8, 4) is 0 Å². The van der Waals surface area contributed by atoms with Gasteiger partial charge in [0.15, 0.2) is 19.7 Å². The number of carbonyl (C=O) groups excluding carboxylic acids is 7. The highest BCUT2D eigenvalue weighted by Gasteiger charge is 2.28. The van der Waals surface area contributed by atoms with Crippen LogP contribution >= 0.6 is 34.4 Å². The minimum atomic E-state index is -3.83. The summed E-state index contributed by atoms with van der Waals surface area (Å²) in [6.07, 6.45) is 8.44. The van der Waals surface area contributed by atoms with Gasteiger partial charge in [-0.05, 0) is 249 Å². The number of hydrogen-bond donors (Lipinski definition) is 10. The van der Waals surface area contributed by atoms with Crippen LogP contribution in [0.3, 0.4) is 0 Å². The molecule has 142 heavy (non-hydrogen) atoms. The molecule has 0 heterocycles. The van der Waals surface area contributed by atoms with Crippen molar-refractivity contribution in [2.45, 2.75) is 218 Å². The zero-order chi connectivity index (χ0) is 106. The number of amides is 5. The van der Waals surface area contributed by atoms with Gasteiger partial charge in [0.05, 0.1) is 64.4 Å². The van der Waals surface area contributed by atoms with Crippen LogP contribution in [-0.2, 0) is 67.9 Å². The number of sulfone groups is 2. The average molecular weight is 2150 g/mol. The van der Waals surface area contributed by atoms with Crippen molar-refractivity contribution >= 4 is 101 Å². The highest BCUT2D eigenvalue weighted by atomic mass is 127. The lowest BCUT2D eigenvalue weighted by Crippen LogP contribution is -2.43. The molecule has 0 saturated heterocycles. The lowest BCUT2D eigenvalue weighted by atomic mass is 10.0. The lowest BCUT2D eigenvalue weighted by Gasteiger charge is -2.22. The number of thioether (sulfide) groups is 1. The smallest absolute Gasteiger partial charge is 0.337 e. The Kier molecular flexibility index (Phi) is 61.3. The Morgan fingerprint density at radius 2 is 0.739 bits per heavy atom. The van der Waals surface area contributed by atoms with Gasteiger partial charge in [-0.15, -0.1) is 11.8 Å². The molecule has 8 aromatic rings. The molecule has 5 amide bonds. The average Bonchev–Trinajstić information content (AvgIpc) is 0.813. The molecule has 0 saturated carbocycles. The number of aromatic carboxylic acids is 1. The van der Waals surface area contributed by atoms with E-state index in [9.17, 15) is 88.1 Å². The fourth-order valence-corrected chi connectivity index (χ4v) is 18.7. The number of carbonyl (C=O) groups is 8. The predicted octanol–water partition coefficient (Wildman–Crippen LogP) is 16.0. The number of rotatable bonds is 52. The van der Waals surface area contributed by atoms with Crippen molar-refractivity contribution < 1.29 is 113 Å². The van der Waals surface area contributed by atoms with Crippen LogP contribution in [0.2, 0.25) is 0 Å². The molecule has 28 nitrogen and oxygen atoms in total. The maximum atomic E-state index is 13.2. The summed E-state index contributed by atoms with van der Waals surface area (Å²) in [7, 11) is -4.94. The molecule has 0 bridgehead atoms. The molecule has 0 aliphatic carbocycles. The van der Waals surface area contributed by atoms with Crippen molar-refractivity contribution in [3.63, 3.8) is 0 Å². The van der Waals surface area contributed by atoms with Crippen molar-refractivity contribution in [2.24, 2.45) is 5.73 Å². The SMILES string of the molecule is CCCN(CCC)C(=O)c1cc(C(=O)NC[C@H](O)CNCc2cccc(CC)c2)cc(S(=O)(=O)CCCO)c1.CCCN(CCC)C(=O)c1cc(C(=O)O)cc(S(=O)(=O)CCCO)c1.CCCN(CCC)C(=O)c1cc(I)cc(C(=O)OC)c1.CCCN(CCC)C(=O)c1cc(SCCCO)cc(C(=O)OC)c1.CCc1cc(F)cc(F)c1.CCc1cccc(CNC[C@@H](O)[C@@H](N)Cc2cc(F)cc(F)c2)c1. The number of hydrogen-bond acceptors (Lipinski definition) is 23. The molecule has 0 spiro atoms. The van der Waals surface area contributed by atoms with Gasteiger partial charge in [-0.3, -0.25) is 24.0 Å². The Balaban J connectivity index is 0.000000453. The Labute approximate surface area is 854 Å². The number of benzene rings is 8. The molecular weight excluding hydrogens is 2000 g/mol. The summed E-state index contributed by atoms with van der Waals surface area (Å²) < 4.78 is 112. The van der Waals surface area contributed by atoms with E-state index in [4.69, 9.17) is 30.5 Å². The third-order valence-corrected chi connectivity index (χ3v) is 26.6. The number of esters is 2. The molecule has 0 aliphatic heterocycles. The van der Waals surface area contributed by atoms with Gasteiger partial charge in [0.1, 0.15) is 23.3 Å². The van der Waals surface area contributed by atoms with Gasteiger partial charge in [0.2, 0.25) is 0 Å². The second kappa shape index (κ2) is 69.0. The Morgan fingerprint density at radius 1 is 0.408 bits per heavy atom. The maximum absolute atomic E-state index is 13.2. The second-order valence-corrected chi connectivity index (χ2v) is 40.1. The molecule has 11 N–H and O–H groups in total. The molecule has 0 radical (unpaired) electrons. The Hall–Kier alpha value is -10.1. The number of carboxylic acid groups (broad SMARTS) is 1. The number of halogens is 5. The molecule has 36 heteroatoms. The number of ether oxygens (including phenoxy) is 2. The number of nitrogens with one attached hydrogen (secondary N) is 3. The highest BCUT2D eigenvalue weighted by Crippen LogP contribution is 2.27. The van der Waals surface area contributed by atoms with E-state index in [1.165, 1.54) is 91.7 Å². The van der Waals surface area contributed by atoms with Crippen molar-refractivity contribution in [1.82, 2.24) is 35.6 Å². The number of methoxy groups -OCH3 is 2. The number of aliphatic hydroxyl groups is 5. The normalized spacial score (nSPS) is 11.6. The lowest BCUT2D eigenvalue weighted by molar-refractivity contribution is 0.0591. The van der Waals surface area contributed by atoms with E-state index in [-0.39, 0.29) is 119 Å². The van der Waals surface area contributed by atoms with Crippen molar-refractivity contribution in [3.05, 3.63) is 262 Å². The minimum Gasteiger partial charge on any atom is -0.478 e. The van der Waals surface area contributed by atoms with Crippen LogP contribution in [0, 0.1) is 26.8 Å². The van der Waals surface area contributed by atoms with Gasteiger partial charge in [-0.25, -0.2) is 48.8 Å². The number of nitrogens with zero attached hydrogens (tertiary/aromatic N) is 4. The quantitative estimate of drug-likeness (QED) is 0.00556. The van der Waals surface area contributed by atoms with Gasteiger partial charge < -0.3 is 81.4 Å².